The smallest absolute Gasteiger partial charge is 0.225 e. The zero-order valence-electron chi connectivity index (χ0n) is 10.8. The molecule has 0 spiro atoms. The lowest BCUT2D eigenvalue weighted by Crippen LogP contribution is -2.49. The Morgan fingerprint density at radius 1 is 1.33 bits per heavy atom. The van der Waals surface area contributed by atoms with E-state index in [2.05, 4.69) is 34.2 Å². The maximum Gasteiger partial charge on any atom is 0.225 e. The predicted molar refractivity (Wildman–Crippen MR) is 73.6 cm³/mol. The molecular formula is C14H20N2OS. The van der Waals surface area contributed by atoms with E-state index in [1.165, 1.54) is 4.88 Å². The van der Waals surface area contributed by atoms with Crippen LogP contribution in [0.2, 0.25) is 0 Å². The van der Waals surface area contributed by atoms with Gasteiger partial charge in [-0.05, 0) is 31.2 Å². The van der Waals surface area contributed by atoms with Crippen molar-refractivity contribution in [3.05, 3.63) is 22.4 Å². The van der Waals surface area contributed by atoms with Crippen molar-refractivity contribution in [3.8, 4) is 0 Å². The number of amides is 1. The van der Waals surface area contributed by atoms with Gasteiger partial charge < -0.3 is 4.90 Å². The number of carbonyl (C=O) groups is 1. The summed E-state index contributed by atoms with van der Waals surface area (Å²) in [5.74, 6) is 0.768. The molecule has 1 aromatic rings. The lowest BCUT2D eigenvalue weighted by Gasteiger charge is -2.37. The molecule has 1 atom stereocenters. The quantitative estimate of drug-likeness (QED) is 0.837. The number of thiophene rings is 1. The summed E-state index contributed by atoms with van der Waals surface area (Å²) < 4.78 is 0. The molecule has 18 heavy (non-hydrogen) atoms. The van der Waals surface area contributed by atoms with Crippen molar-refractivity contribution in [2.45, 2.75) is 25.8 Å². The zero-order valence-corrected chi connectivity index (χ0v) is 11.7. The Hall–Kier alpha value is -0.870. The minimum atomic E-state index is 0.367. The van der Waals surface area contributed by atoms with Crippen LogP contribution in [0.4, 0.5) is 0 Å². The highest BCUT2D eigenvalue weighted by molar-refractivity contribution is 7.10. The van der Waals surface area contributed by atoms with Gasteiger partial charge in [0.15, 0.2) is 0 Å². The van der Waals surface area contributed by atoms with Crippen molar-refractivity contribution in [2.24, 2.45) is 5.92 Å². The van der Waals surface area contributed by atoms with Gasteiger partial charge >= 0.3 is 0 Å². The maximum atomic E-state index is 12.0. The molecule has 0 bridgehead atoms. The number of hydrogen-bond donors (Lipinski definition) is 0. The molecule has 4 heteroatoms. The van der Waals surface area contributed by atoms with Crippen LogP contribution in [0.5, 0.6) is 0 Å². The van der Waals surface area contributed by atoms with Gasteiger partial charge in [-0.15, -0.1) is 11.3 Å². The third kappa shape index (κ3) is 2.45. The van der Waals surface area contributed by atoms with Crippen molar-refractivity contribution in [2.75, 3.05) is 26.2 Å². The van der Waals surface area contributed by atoms with Crippen LogP contribution in [-0.4, -0.2) is 41.9 Å². The highest BCUT2D eigenvalue weighted by Crippen LogP contribution is 2.32. The monoisotopic (exact) mass is 264 g/mol. The van der Waals surface area contributed by atoms with Gasteiger partial charge in [-0.3, -0.25) is 9.69 Å². The molecule has 1 saturated carbocycles. The first kappa shape index (κ1) is 12.2. The first-order valence-electron chi connectivity index (χ1n) is 6.82. The summed E-state index contributed by atoms with van der Waals surface area (Å²) >= 11 is 1.82. The topological polar surface area (TPSA) is 23.6 Å². The van der Waals surface area contributed by atoms with Crippen LogP contribution in [-0.2, 0) is 4.79 Å². The van der Waals surface area contributed by atoms with E-state index in [-0.39, 0.29) is 0 Å². The number of nitrogens with zero attached hydrogens (tertiary/aromatic N) is 2. The van der Waals surface area contributed by atoms with Crippen molar-refractivity contribution < 1.29 is 4.79 Å². The van der Waals surface area contributed by atoms with Crippen LogP contribution < -0.4 is 0 Å². The number of piperazine rings is 1. The van der Waals surface area contributed by atoms with Crippen LogP contribution >= 0.6 is 11.3 Å². The standard InChI is InChI=1S/C14H20N2OS/c1-11(13-3-2-10-18-13)15-6-8-16(9-7-15)14(17)12-4-5-12/h2-3,10-12H,4-9H2,1H3. The van der Waals surface area contributed by atoms with E-state index < -0.39 is 0 Å². The Kier molecular flexibility index (Phi) is 3.39. The van der Waals surface area contributed by atoms with Gasteiger partial charge in [-0.25, -0.2) is 0 Å². The van der Waals surface area contributed by atoms with Gasteiger partial charge in [0.05, 0.1) is 0 Å². The summed E-state index contributed by atoms with van der Waals surface area (Å²) in [6, 6.07) is 4.81. The Balaban J connectivity index is 1.54. The highest BCUT2D eigenvalue weighted by atomic mass is 32.1. The molecule has 1 aliphatic carbocycles. The van der Waals surface area contributed by atoms with E-state index in [0.717, 1.165) is 39.0 Å². The van der Waals surface area contributed by atoms with E-state index in [0.29, 0.717) is 17.9 Å². The largest absolute Gasteiger partial charge is 0.340 e. The van der Waals surface area contributed by atoms with Gasteiger partial charge in [-0.2, -0.15) is 0 Å². The van der Waals surface area contributed by atoms with Crippen molar-refractivity contribution in [1.82, 2.24) is 9.80 Å². The van der Waals surface area contributed by atoms with Crippen LogP contribution in [0.3, 0.4) is 0 Å². The fourth-order valence-electron chi connectivity index (χ4n) is 2.63. The zero-order chi connectivity index (χ0) is 12.5. The Labute approximate surface area is 112 Å². The van der Waals surface area contributed by atoms with Gasteiger partial charge in [0.2, 0.25) is 5.91 Å². The molecule has 2 aliphatic rings. The van der Waals surface area contributed by atoms with Gasteiger partial charge in [0.25, 0.3) is 0 Å². The molecule has 1 saturated heterocycles. The molecule has 3 nitrogen and oxygen atoms in total. The second-order valence-electron chi connectivity index (χ2n) is 5.33. The summed E-state index contributed by atoms with van der Waals surface area (Å²) in [5, 5.41) is 2.14. The Morgan fingerprint density at radius 3 is 2.61 bits per heavy atom. The first-order valence-corrected chi connectivity index (χ1v) is 7.70. The summed E-state index contributed by atoms with van der Waals surface area (Å²) in [5.41, 5.74) is 0. The van der Waals surface area contributed by atoms with Crippen molar-refractivity contribution >= 4 is 17.2 Å². The summed E-state index contributed by atoms with van der Waals surface area (Å²) in [6.45, 7) is 6.11. The summed E-state index contributed by atoms with van der Waals surface area (Å²) in [6.07, 6.45) is 2.23. The molecule has 98 valence electrons. The van der Waals surface area contributed by atoms with Crippen LogP contribution in [0, 0.1) is 5.92 Å². The average Bonchev–Trinajstić information content (AvgIpc) is 3.12. The molecule has 2 fully saturated rings. The molecule has 0 radical (unpaired) electrons. The van der Waals surface area contributed by atoms with Gasteiger partial charge in [0.1, 0.15) is 0 Å². The average molecular weight is 264 g/mol. The molecule has 1 unspecified atom stereocenters. The van der Waals surface area contributed by atoms with Crippen molar-refractivity contribution in [3.63, 3.8) is 0 Å². The lowest BCUT2D eigenvalue weighted by atomic mass is 10.2. The second-order valence-corrected chi connectivity index (χ2v) is 6.31. The number of rotatable bonds is 3. The molecule has 0 N–H and O–H groups in total. The third-order valence-electron chi connectivity index (χ3n) is 4.06. The minimum absolute atomic E-state index is 0.367. The van der Waals surface area contributed by atoms with E-state index in [4.69, 9.17) is 0 Å². The number of carbonyl (C=O) groups excluding carboxylic acids is 1. The molecule has 1 aromatic heterocycles. The maximum absolute atomic E-state index is 12.0. The van der Waals surface area contributed by atoms with Gasteiger partial charge in [-0.1, -0.05) is 6.07 Å². The van der Waals surface area contributed by atoms with E-state index in [1.807, 2.05) is 11.3 Å². The molecule has 3 rings (SSSR count). The summed E-state index contributed by atoms with van der Waals surface area (Å²) in [4.78, 5) is 18.0. The first-order chi connectivity index (χ1) is 8.75. The van der Waals surface area contributed by atoms with E-state index >= 15 is 0 Å². The Morgan fingerprint density at radius 2 is 2.06 bits per heavy atom. The fraction of sp³-hybridized carbons (Fsp3) is 0.643. The molecular weight excluding hydrogens is 244 g/mol. The van der Waals surface area contributed by atoms with Crippen LogP contribution in [0.1, 0.15) is 30.7 Å². The van der Waals surface area contributed by atoms with Gasteiger partial charge in [0, 0.05) is 43.0 Å². The SMILES string of the molecule is CC(c1cccs1)N1CCN(C(=O)C2CC2)CC1. The van der Waals surface area contributed by atoms with Crippen LogP contribution in [0.25, 0.3) is 0 Å². The predicted octanol–water partition coefficient (Wildman–Crippen LogP) is 2.36. The lowest BCUT2D eigenvalue weighted by molar-refractivity contribution is -0.134. The molecule has 1 aliphatic heterocycles. The van der Waals surface area contributed by atoms with E-state index in [1.54, 1.807) is 0 Å². The molecule has 1 amide bonds. The summed E-state index contributed by atoms with van der Waals surface area (Å²) in [7, 11) is 0. The van der Waals surface area contributed by atoms with Crippen molar-refractivity contribution in [1.29, 1.82) is 0 Å². The molecule has 2 heterocycles. The highest BCUT2D eigenvalue weighted by Gasteiger charge is 2.35. The van der Waals surface area contributed by atoms with Crippen LogP contribution in [0.15, 0.2) is 17.5 Å². The third-order valence-corrected chi connectivity index (χ3v) is 5.10. The molecule has 0 aromatic carbocycles. The fourth-order valence-corrected chi connectivity index (χ4v) is 3.44. The minimum Gasteiger partial charge on any atom is -0.340 e. The normalized spacial score (nSPS) is 23.1. The Bertz CT molecular complexity index is 405. The second kappa shape index (κ2) is 5.02. The number of hydrogen-bond acceptors (Lipinski definition) is 3. The van der Waals surface area contributed by atoms with E-state index in [9.17, 15) is 4.79 Å².